The van der Waals surface area contributed by atoms with E-state index in [0.717, 1.165) is 13.0 Å². The van der Waals surface area contributed by atoms with Gasteiger partial charge in [0.2, 0.25) is 0 Å². The third kappa shape index (κ3) is 28.0. The van der Waals surface area contributed by atoms with Crippen LogP contribution >= 0.6 is 7.82 Å². The Morgan fingerprint density at radius 1 is 0.517 bits per heavy atom. The fourth-order valence-corrected chi connectivity index (χ4v) is 3.29. The van der Waals surface area contributed by atoms with Crippen LogP contribution in [0.4, 0.5) is 0 Å². The summed E-state index contributed by atoms with van der Waals surface area (Å²) in [5, 5.41) is 0. The van der Waals surface area contributed by atoms with Gasteiger partial charge in [-0.25, -0.2) is 4.57 Å². The molecule has 0 heterocycles. The van der Waals surface area contributed by atoms with E-state index in [4.69, 9.17) is 24.0 Å². The van der Waals surface area contributed by atoms with Crippen molar-refractivity contribution < 1.29 is 33.1 Å². The lowest BCUT2D eigenvalue weighted by molar-refractivity contribution is 0.00702. The average molecular weight is 441 g/mol. The molecule has 0 radical (unpaired) electrons. The molecule has 7 nitrogen and oxygen atoms in total. The highest BCUT2D eigenvalue weighted by atomic mass is 31.2. The van der Waals surface area contributed by atoms with Gasteiger partial charge in [0.25, 0.3) is 0 Å². The molecule has 0 amide bonds. The van der Waals surface area contributed by atoms with Crippen LogP contribution in [0, 0.1) is 0 Å². The molecule has 176 valence electrons. The Kier molecular flexibility index (Phi) is 22.7. The fraction of sp³-hybridized carbons (Fsp3) is 1.00. The number of hydrogen-bond acceptors (Lipinski definition) is 5. The van der Waals surface area contributed by atoms with Gasteiger partial charge in [0.1, 0.15) is 0 Å². The van der Waals surface area contributed by atoms with E-state index in [-0.39, 0.29) is 13.2 Å². The Hall–Kier alpha value is -0.0100. The first-order chi connectivity index (χ1) is 14.1. The Labute approximate surface area is 178 Å². The van der Waals surface area contributed by atoms with Crippen LogP contribution in [0.5, 0.6) is 0 Å². The Morgan fingerprint density at radius 2 is 0.862 bits per heavy atom. The van der Waals surface area contributed by atoms with Crippen molar-refractivity contribution >= 4 is 7.82 Å². The summed E-state index contributed by atoms with van der Waals surface area (Å²) >= 11 is 0. The summed E-state index contributed by atoms with van der Waals surface area (Å²) in [6.07, 6.45) is 17.6. The van der Waals surface area contributed by atoms with E-state index < -0.39 is 7.82 Å². The van der Waals surface area contributed by atoms with Gasteiger partial charge in [-0.15, -0.1) is 0 Å². The molecule has 0 aromatic heterocycles. The van der Waals surface area contributed by atoms with Crippen molar-refractivity contribution in [2.24, 2.45) is 0 Å². The number of unbranched alkanes of at least 4 members (excludes halogenated alkanes) is 12. The highest BCUT2D eigenvalue weighted by Gasteiger charge is 2.12. The maximum absolute atomic E-state index is 10.4. The van der Waals surface area contributed by atoms with Gasteiger partial charge in [-0.05, 0) is 6.42 Å². The van der Waals surface area contributed by atoms with Gasteiger partial charge in [-0.1, -0.05) is 84.0 Å². The van der Waals surface area contributed by atoms with Gasteiger partial charge in [0, 0.05) is 6.61 Å². The molecule has 0 rings (SSSR count). The van der Waals surface area contributed by atoms with Crippen molar-refractivity contribution in [3.63, 3.8) is 0 Å². The second-order valence-corrected chi connectivity index (χ2v) is 8.64. The van der Waals surface area contributed by atoms with Crippen molar-refractivity contribution in [1.82, 2.24) is 0 Å². The van der Waals surface area contributed by atoms with E-state index >= 15 is 0 Å². The van der Waals surface area contributed by atoms with Crippen LogP contribution in [0.25, 0.3) is 0 Å². The largest absolute Gasteiger partial charge is 0.469 e. The van der Waals surface area contributed by atoms with Crippen molar-refractivity contribution in [2.45, 2.75) is 90.4 Å². The Morgan fingerprint density at radius 3 is 1.28 bits per heavy atom. The molecular weight excluding hydrogens is 395 g/mol. The number of rotatable bonds is 24. The predicted octanol–water partition coefficient (Wildman–Crippen LogP) is 5.24. The predicted molar refractivity (Wildman–Crippen MR) is 116 cm³/mol. The lowest BCUT2D eigenvalue weighted by Gasteiger charge is -2.08. The molecule has 0 atom stereocenters. The molecule has 0 aliphatic heterocycles. The normalized spacial score (nSPS) is 12.0. The molecule has 0 fully saturated rings. The average Bonchev–Trinajstić information content (AvgIpc) is 2.67. The summed E-state index contributed by atoms with van der Waals surface area (Å²) < 4.78 is 30.7. The summed E-state index contributed by atoms with van der Waals surface area (Å²) in [6, 6.07) is 0. The summed E-state index contributed by atoms with van der Waals surface area (Å²) in [7, 11) is -4.39. The molecule has 0 unspecified atom stereocenters. The van der Waals surface area contributed by atoms with Gasteiger partial charge in [0.15, 0.2) is 0 Å². The quantitative estimate of drug-likeness (QED) is 0.157. The molecule has 29 heavy (non-hydrogen) atoms. The molecule has 0 bridgehead atoms. The van der Waals surface area contributed by atoms with E-state index in [1.54, 1.807) is 0 Å². The second-order valence-electron chi connectivity index (χ2n) is 7.40. The molecule has 0 saturated heterocycles. The number of ether oxygens (including phenoxy) is 3. The van der Waals surface area contributed by atoms with Crippen molar-refractivity contribution in [3.8, 4) is 0 Å². The van der Waals surface area contributed by atoms with Crippen molar-refractivity contribution in [3.05, 3.63) is 0 Å². The van der Waals surface area contributed by atoms with Gasteiger partial charge < -0.3 is 24.0 Å². The van der Waals surface area contributed by atoms with Gasteiger partial charge in [-0.3, -0.25) is 4.52 Å². The van der Waals surface area contributed by atoms with Gasteiger partial charge >= 0.3 is 7.82 Å². The van der Waals surface area contributed by atoms with Crippen molar-refractivity contribution in [1.29, 1.82) is 0 Å². The third-order valence-corrected chi connectivity index (χ3v) is 5.14. The molecule has 0 aliphatic carbocycles. The van der Waals surface area contributed by atoms with Crippen LogP contribution in [0.3, 0.4) is 0 Å². The van der Waals surface area contributed by atoms with Crippen LogP contribution < -0.4 is 0 Å². The Balaban J connectivity index is 3.02. The SMILES string of the molecule is CCCCCCCCCCCCCCCOCCOCCOCCOP(=O)(O)O. The van der Waals surface area contributed by atoms with E-state index in [0.29, 0.717) is 26.4 Å². The smallest absolute Gasteiger partial charge is 0.379 e. The topological polar surface area (TPSA) is 94.5 Å². The maximum Gasteiger partial charge on any atom is 0.469 e. The van der Waals surface area contributed by atoms with E-state index in [9.17, 15) is 4.57 Å². The first-order valence-electron chi connectivity index (χ1n) is 11.5. The zero-order valence-electron chi connectivity index (χ0n) is 18.5. The van der Waals surface area contributed by atoms with Crippen LogP contribution in [-0.4, -0.2) is 56.0 Å². The summed E-state index contributed by atoms with van der Waals surface area (Å²) in [5.41, 5.74) is 0. The first kappa shape index (κ1) is 29.0. The number of phosphoric acid groups is 1. The van der Waals surface area contributed by atoms with E-state index in [2.05, 4.69) is 11.4 Å². The second kappa shape index (κ2) is 22.7. The summed E-state index contributed by atoms with van der Waals surface area (Å²) in [5.74, 6) is 0. The minimum Gasteiger partial charge on any atom is -0.379 e. The first-order valence-corrected chi connectivity index (χ1v) is 13.0. The maximum atomic E-state index is 10.4. The number of phosphoric ester groups is 1. The molecule has 0 aromatic rings. The Bertz CT molecular complexity index is 363. The van der Waals surface area contributed by atoms with Gasteiger partial charge in [0.05, 0.1) is 39.6 Å². The third-order valence-electron chi connectivity index (χ3n) is 4.62. The zero-order chi connectivity index (χ0) is 21.5. The summed E-state index contributed by atoms with van der Waals surface area (Å²) in [6.45, 7) is 4.96. The minimum atomic E-state index is -4.39. The monoisotopic (exact) mass is 440 g/mol. The zero-order valence-corrected chi connectivity index (χ0v) is 19.4. The molecular formula is C21H45O7P. The minimum absolute atomic E-state index is 0.129. The molecule has 0 spiro atoms. The molecule has 0 saturated carbocycles. The van der Waals surface area contributed by atoms with E-state index in [1.807, 2.05) is 0 Å². The van der Waals surface area contributed by atoms with Crippen LogP contribution in [0.2, 0.25) is 0 Å². The highest BCUT2D eigenvalue weighted by molar-refractivity contribution is 7.46. The van der Waals surface area contributed by atoms with Crippen LogP contribution in [-0.2, 0) is 23.3 Å². The fourth-order valence-electron chi connectivity index (χ4n) is 2.98. The molecule has 0 aromatic carbocycles. The summed E-state index contributed by atoms with van der Waals surface area (Å²) in [4.78, 5) is 17.0. The van der Waals surface area contributed by atoms with Crippen LogP contribution in [0.1, 0.15) is 90.4 Å². The highest BCUT2D eigenvalue weighted by Crippen LogP contribution is 2.35. The standard InChI is InChI=1S/C21H45O7P/c1-2-3-4-5-6-7-8-9-10-11-12-13-14-15-25-16-17-26-18-19-27-20-21-28-29(22,23)24/h2-21H2,1H3,(H2,22,23,24). The van der Waals surface area contributed by atoms with Gasteiger partial charge in [-0.2, -0.15) is 0 Å². The van der Waals surface area contributed by atoms with Crippen LogP contribution in [0.15, 0.2) is 0 Å². The van der Waals surface area contributed by atoms with Crippen molar-refractivity contribution in [2.75, 3.05) is 46.2 Å². The molecule has 0 aliphatic rings. The number of hydrogen-bond donors (Lipinski definition) is 2. The van der Waals surface area contributed by atoms with E-state index in [1.165, 1.54) is 77.0 Å². The lowest BCUT2D eigenvalue weighted by atomic mass is 10.0. The lowest BCUT2D eigenvalue weighted by Crippen LogP contribution is -2.11. The molecule has 2 N–H and O–H groups in total. The molecule has 8 heteroatoms.